The number of hydrogen-bond acceptors (Lipinski definition) is 11. The molecule has 4 aromatic carbocycles. The summed E-state index contributed by atoms with van der Waals surface area (Å²) in [6.07, 6.45) is -0.624. The van der Waals surface area contributed by atoms with Gasteiger partial charge in [-0.15, -0.1) is 24.8 Å². The molecule has 17 heteroatoms. The number of carbonyl (C=O) groups excluding carboxylic acids is 4. The maximum atomic E-state index is 13.6. The molecule has 4 fully saturated rings. The monoisotopic (exact) mass is 995 g/mol. The van der Waals surface area contributed by atoms with Crippen molar-refractivity contribution in [3.63, 3.8) is 0 Å². The Morgan fingerprint density at radius 2 is 0.783 bits per heavy atom. The topological polar surface area (TPSA) is 139 Å². The van der Waals surface area contributed by atoms with E-state index in [-0.39, 0.29) is 48.8 Å². The van der Waals surface area contributed by atoms with Crippen molar-refractivity contribution >= 4 is 81.7 Å². The molecule has 4 amide bonds. The van der Waals surface area contributed by atoms with Gasteiger partial charge in [0, 0.05) is 151 Å². The van der Waals surface area contributed by atoms with Gasteiger partial charge in [-0.25, -0.2) is 9.59 Å². The molecule has 0 saturated carbocycles. The predicted molar refractivity (Wildman–Crippen MR) is 282 cm³/mol. The fraction of sp³-hybridized carbons (Fsp3) is 0.538. The van der Waals surface area contributed by atoms with Gasteiger partial charge in [0.25, 0.3) is 11.8 Å². The molecule has 4 saturated heterocycles. The Balaban J connectivity index is 0.000000286. The number of carbonyl (C=O) groups is 4. The van der Waals surface area contributed by atoms with Gasteiger partial charge in [-0.3, -0.25) is 9.59 Å². The molecule has 380 valence electrons. The van der Waals surface area contributed by atoms with E-state index in [4.69, 9.17) is 14.2 Å². The van der Waals surface area contributed by atoms with Crippen molar-refractivity contribution in [3.8, 4) is 0 Å². The Kier molecular flexibility index (Phi) is 21.5. The van der Waals surface area contributed by atoms with Crippen LogP contribution in [0.3, 0.4) is 0 Å². The molecule has 0 aliphatic carbocycles. The minimum absolute atomic E-state index is 0. The lowest BCUT2D eigenvalue weighted by Gasteiger charge is -2.37. The van der Waals surface area contributed by atoms with Crippen LogP contribution < -0.4 is 20.4 Å². The van der Waals surface area contributed by atoms with Crippen LogP contribution >= 0.6 is 24.8 Å². The Bertz CT molecular complexity index is 2290. The standard InChI is InChI=1S/C29H40N4O5.C19H24N4O.C4H10O.2ClH/c1-28(2,3)37-26(35)32-17-13-30(14-18-32)24-12-11-23(21-9-7-8-10-22(21)24)25(34)31-15-19-33(20-16-31)27(36)38-29(4,5)6;24-19(23-13-9-21-10-14-23)17-5-6-18(22-11-7-20-8-12-22)16-4-2-1-3-15(16)17;1-3-5-4-2;;/h7-12H,13-20H2,1-6H3;1-6,20-21H,7-14H2;3-4H2,1-2H3;2*1H. The zero-order chi connectivity index (χ0) is 48.1. The van der Waals surface area contributed by atoms with E-state index in [9.17, 15) is 19.2 Å². The third kappa shape index (κ3) is 15.5. The number of fused-ring (bicyclic) bond motifs is 2. The van der Waals surface area contributed by atoms with Crippen molar-refractivity contribution in [3.05, 3.63) is 83.9 Å². The first-order valence-corrected chi connectivity index (χ1v) is 24.2. The summed E-state index contributed by atoms with van der Waals surface area (Å²) in [7, 11) is 0. The highest BCUT2D eigenvalue weighted by molar-refractivity contribution is 6.11. The van der Waals surface area contributed by atoms with Gasteiger partial charge in [-0.1, -0.05) is 48.5 Å². The molecular weight excluding hydrogens is 920 g/mol. The number of benzene rings is 4. The van der Waals surface area contributed by atoms with E-state index in [1.165, 1.54) is 11.1 Å². The van der Waals surface area contributed by atoms with Gasteiger partial charge in [0.15, 0.2) is 0 Å². The van der Waals surface area contributed by atoms with Crippen LogP contribution in [0.2, 0.25) is 0 Å². The van der Waals surface area contributed by atoms with Gasteiger partial charge in [0.1, 0.15) is 11.2 Å². The second kappa shape index (κ2) is 26.2. The zero-order valence-corrected chi connectivity index (χ0v) is 43.6. The van der Waals surface area contributed by atoms with Crippen LogP contribution in [0.1, 0.15) is 76.1 Å². The minimum Gasteiger partial charge on any atom is -0.444 e. The maximum absolute atomic E-state index is 13.6. The molecule has 0 atom stereocenters. The quantitative estimate of drug-likeness (QED) is 0.196. The van der Waals surface area contributed by atoms with Crippen LogP contribution in [0.15, 0.2) is 72.8 Å². The predicted octanol–water partition coefficient (Wildman–Crippen LogP) is 7.77. The highest BCUT2D eigenvalue weighted by atomic mass is 35.5. The molecular formula is C52H76Cl2N8O7. The van der Waals surface area contributed by atoms with Gasteiger partial charge in [0.2, 0.25) is 0 Å². The van der Waals surface area contributed by atoms with Crippen LogP contribution in [-0.4, -0.2) is 173 Å². The Labute approximate surface area is 421 Å². The molecule has 15 nitrogen and oxygen atoms in total. The van der Waals surface area contributed by atoms with Crippen molar-refractivity contribution in [2.24, 2.45) is 0 Å². The van der Waals surface area contributed by atoms with Gasteiger partial charge < -0.3 is 54.2 Å². The molecule has 0 aromatic heterocycles. The van der Waals surface area contributed by atoms with Crippen molar-refractivity contribution in [1.82, 2.24) is 30.2 Å². The van der Waals surface area contributed by atoms with Crippen molar-refractivity contribution in [1.29, 1.82) is 0 Å². The summed E-state index contributed by atoms with van der Waals surface area (Å²) in [5.74, 6) is 0.117. The summed E-state index contributed by atoms with van der Waals surface area (Å²) in [4.78, 5) is 63.3. The van der Waals surface area contributed by atoms with Crippen molar-refractivity contribution < 1.29 is 33.4 Å². The smallest absolute Gasteiger partial charge is 0.410 e. The fourth-order valence-corrected chi connectivity index (χ4v) is 8.68. The van der Waals surface area contributed by atoms with Crippen LogP contribution in [0, 0.1) is 0 Å². The van der Waals surface area contributed by atoms with E-state index in [0.717, 1.165) is 93.0 Å². The van der Waals surface area contributed by atoms with Gasteiger partial charge in [0.05, 0.1) is 0 Å². The number of hydrogen-bond donors (Lipinski definition) is 2. The summed E-state index contributed by atoms with van der Waals surface area (Å²) in [6.45, 7) is 28.5. The molecule has 8 rings (SSSR count). The lowest BCUT2D eigenvalue weighted by atomic mass is 10.0. The number of nitrogens with zero attached hydrogens (tertiary/aromatic N) is 6. The van der Waals surface area contributed by atoms with Gasteiger partial charge >= 0.3 is 12.2 Å². The van der Waals surface area contributed by atoms with E-state index < -0.39 is 11.2 Å². The minimum atomic E-state index is -0.549. The third-order valence-electron chi connectivity index (χ3n) is 12.0. The van der Waals surface area contributed by atoms with Crippen LogP contribution in [0.25, 0.3) is 21.5 Å². The van der Waals surface area contributed by atoms with E-state index in [0.29, 0.717) is 57.9 Å². The zero-order valence-electron chi connectivity index (χ0n) is 42.0. The summed E-state index contributed by atoms with van der Waals surface area (Å²) in [5.41, 5.74) is 2.70. The molecule has 4 heterocycles. The highest BCUT2D eigenvalue weighted by Gasteiger charge is 2.31. The Hall–Kier alpha value is -5.06. The van der Waals surface area contributed by atoms with Crippen LogP contribution in [0.4, 0.5) is 21.0 Å². The largest absolute Gasteiger partial charge is 0.444 e. The summed E-state index contributed by atoms with van der Waals surface area (Å²) >= 11 is 0. The lowest BCUT2D eigenvalue weighted by Crippen LogP contribution is -2.51. The third-order valence-corrected chi connectivity index (χ3v) is 12.0. The Morgan fingerprint density at radius 3 is 1.16 bits per heavy atom. The fourth-order valence-electron chi connectivity index (χ4n) is 8.68. The first-order valence-electron chi connectivity index (χ1n) is 24.2. The molecule has 0 bridgehead atoms. The van der Waals surface area contributed by atoms with Gasteiger partial charge in [-0.05, 0) is 90.4 Å². The molecule has 4 aromatic rings. The van der Waals surface area contributed by atoms with Crippen molar-refractivity contribution in [2.45, 2.75) is 66.6 Å². The molecule has 2 N–H and O–H groups in total. The number of nitrogens with one attached hydrogen (secondary N) is 2. The van der Waals surface area contributed by atoms with Crippen LogP contribution in [-0.2, 0) is 14.2 Å². The molecule has 69 heavy (non-hydrogen) atoms. The van der Waals surface area contributed by atoms with Crippen LogP contribution in [0.5, 0.6) is 0 Å². The van der Waals surface area contributed by atoms with E-state index in [1.807, 2.05) is 114 Å². The SMILES string of the molecule is CC(C)(C)OC(=O)N1CCN(C(=O)c2ccc(N3CCN(C(=O)OC(C)(C)C)CC3)c3ccccc23)CC1.CCOCC.Cl.Cl.O=C(c1ccc(N2CCNCC2)c2ccccc12)N1CCNCC1. The van der Waals surface area contributed by atoms with E-state index in [2.05, 4.69) is 44.7 Å². The molecule has 0 unspecified atom stereocenters. The second-order valence-electron chi connectivity index (χ2n) is 19.1. The Morgan fingerprint density at radius 1 is 0.449 bits per heavy atom. The summed E-state index contributed by atoms with van der Waals surface area (Å²) in [5, 5.41) is 10.9. The highest BCUT2D eigenvalue weighted by Crippen LogP contribution is 2.33. The van der Waals surface area contributed by atoms with Crippen molar-refractivity contribution in [2.75, 3.05) is 128 Å². The number of ether oxygens (including phenoxy) is 3. The summed E-state index contributed by atoms with van der Waals surface area (Å²) in [6, 6.07) is 24.3. The van der Waals surface area contributed by atoms with E-state index >= 15 is 0 Å². The number of anilines is 2. The number of piperazine rings is 4. The first kappa shape index (κ1) is 56.5. The van der Waals surface area contributed by atoms with E-state index in [1.54, 1.807) is 9.80 Å². The molecule has 0 radical (unpaired) electrons. The first-order chi connectivity index (χ1) is 32.1. The normalized spacial score (nSPS) is 16.5. The summed E-state index contributed by atoms with van der Waals surface area (Å²) < 4.78 is 15.8. The second-order valence-corrected chi connectivity index (χ2v) is 19.1. The lowest BCUT2D eigenvalue weighted by molar-refractivity contribution is 0.0140. The molecule has 0 spiro atoms. The average Bonchev–Trinajstić information content (AvgIpc) is 3.33. The molecule has 4 aliphatic rings. The average molecular weight is 996 g/mol. The number of halogens is 2. The number of amides is 4. The maximum Gasteiger partial charge on any atom is 0.410 e. The number of rotatable bonds is 6. The molecule has 4 aliphatic heterocycles. The van der Waals surface area contributed by atoms with Gasteiger partial charge in [-0.2, -0.15) is 0 Å².